The summed E-state index contributed by atoms with van der Waals surface area (Å²) >= 11 is 1.84. The summed E-state index contributed by atoms with van der Waals surface area (Å²) in [7, 11) is 0. The standard InChI is InChI=1S/C44H37NOS/c1-28-25-26-31(33-19-13-20-35-34-17-10-12-23-39(34)46-43(33)35)27-41(28)47-40-24-14-22-38(29(40)2)45(32-15-7-6-8-16-32)42-30(3)44(4,5)37-21-11-9-18-36(37)42/h6-27H,1-5H3. The molecule has 0 atom stereocenters. The second-order valence-corrected chi connectivity index (χ2v) is 14.2. The van der Waals surface area contributed by atoms with Crippen molar-refractivity contribution in [2.45, 2.75) is 49.8 Å². The summed E-state index contributed by atoms with van der Waals surface area (Å²) in [5.74, 6) is 0. The summed E-state index contributed by atoms with van der Waals surface area (Å²) in [6.07, 6.45) is 0. The maximum Gasteiger partial charge on any atom is 0.143 e. The van der Waals surface area contributed by atoms with Crippen LogP contribution in [0, 0.1) is 13.8 Å². The second-order valence-electron chi connectivity index (χ2n) is 13.1. The molecule has 6 aromatic carbocycles. The van der Waals surface area contributed by atoms with Crippen molar-refractivity contribution in [3.8, 4) is 11.1 Å². The summed E-state index contributed by atoms with van der Waals surface area (Å²) in [6, 6.07) is 48.0. The molecule has 0 aliphatic heterocycles. The molecule has 3 heteroatoms. The summed E-state index contributed by atoms with van der Waals surface area (Å²) in [4.78, 5) is 4.97. The van der Waals surface area contributed by atoms with E-state index in [0.717, 1.165) is 38.8 Å². The molecule has 1 aromatic heterocycles. The van der Waals surface area contributed by atoms with Gasteiger partial charge in [-0.15, -0.1) is 0 Å². The number of furan rings is 1. The Balaban J connectivity index is 1.23. The number of nitrogens with zero attached hydrogens (tertiary/aromatic N) is 1. The number of allylic oxidation sites excluding steroid dienone is 1. The lowest BCUT2D eigenvalue weighted by atomic mass is 9.82. The monoisotopic (exact) mass is 627 g/mol. The van der Waals surface area contributed by atoms with E-state index >= 15 is 0 Å². The average Bonchev–Trinajstić information content (AvgIpc) is 3.57. The fraction of sp³-hybridized carbons (Fsp3) is 0.136. The van der Waals surface area contributed by atoms with Crippen LogP contribution >= 0.6 is 11.8 Å². The van der Waals surface area contributed by atoms with Gasteiger partial charge in [-0.3, -0.25) is 0 Å². The highest BCUT2D eigenvalue weighted by Crippen LogP contribution is 2.51. The van der Waals surface area contributed by atoms with Gasteiger partial charge in [-0.05, 0) is 85.0 Å². The van der Waals surface area contributed by atoms with Crippen LogP contribution < -0.4 is 4.90 Å². The molecule has 2 nitrogen and oxygen atoms in total. The zero-order chi connectivity index (χ0) is 32.3. The Kier molecular flexibility index (Phi) is 7.11. The van der Waals surface area contributed by atoms with Gasteiger partial charge in [-0.2, -0.15) is 0 Å². The third-order valence-electron chi connectivity index (χ3n) is 10.0. The van der Waals surface area contributed by atoms with E-state index in [9.17, 15) is 0 Å². The molecular formula is C44H37NOS. The van der Waals surface area contributed by atoms with Crippen LogP contribution in [0.15, 0.2) is 153 Å². The quantitative estimate of drug-likeness (QED) is 0.182. The van der Waals surface area contributed by atoms with Crippen molar-refractivity contribution in [2.24, 2.45) is 0 Å². The van der Waals surface area contributed by atoms with Crippen LogP contribution in [0.5, 0.6) is 0 Å². The van der Waals surface area contributed by atoms with E-state index < -0.39 is 0 Å². The van der Waals surface area contributed by atoms with Crippen LogP contribution in [0.4, 0.5) is 11.4 Å². The number of para-hydroxylation sites is 3. The lowest BCUT2D eigenvalue weighted by Crippen LogP contribution is -2.19. The summed E-state index contributed by atoms with van der Waals surface area (Å²) in [6.45, 7) is 11.5. The summed E-state index contributed by atoms with van der Waals surface area (Å²) in [5.41, 5.74) is 14.3. The zero-order valence-electron chi connectivity index (χ0n) is 27.5. The SMILES string of the molecule is CC1=C(N(c2ccccc2)c2cccc(Sc3cc(-c4cccc5c4oc4ccccc45)ccc3C)c2C)c2ccccc2C1(C)C. The van der Waals surface area contributed by atoms with E-state index in [1.54, 1.807) is 0 Å². The molecule has 47 heavy (non-hydrogen) atoms. The van der Waals surface area contributed by atoms with E-state index in [4.69, 9.17) is 4.42 Å². The van der Waals surface area contributed by atoms with Gasteiger partial charge in [0.05, 0.1) is 11.4 Å². The number of fused-ring (bicyclic) bond motifs is 4. The van der Waals surface area contributed by atoms with E-state index in [-0.39, 0.29) is 5.41 Å². The molecule has 0 amide bonds. The number of hydrogen-bond acceptors (Lipinski definition) is 3. The van der Waals surface area contributed by atoms with Gasteiger partial charge >= 0.3 is 0 Å². The van der Waals surface area contributed by atoms with Crippen molar-refractivity contribution in [1.29, 1.82) is 0 Å². The van der Waals surface area contributed by atoms with Crippen LogP contribution in [0.1, 0.15) is 43.0 Å². The number of aryl methyl sites for hydroxylation is 1. The fourth-order valence-electron chi connectivity index (χ4n) is 7.11. The van der Waals surface area contributed by atoms with Crippen molar-refractivity contribution in [3.63, 3.8) is 0 Å². The molecule has 1 aliphatic rings. The minimum Gasteiger partial charge on any atom is -0.455 e. The molecule has 0 fully saturated rings. The Morgan fingerprint density at radius 2 is 1.32 bits per heavy atom. The number of rotatable bonds is 6. The Hall–Kier alpha value is -4.99. The van der Waals surface area contributed by atoms with E-state index in [2.05, 4.69) is 161 Å². The van der Waals surface area contributed by atoms with Crippen LogP contribution in [0.25, 0.3) is 38.8 Å². The first-order valence-corrected chi connectivity index (χ1v) is 17.1. The molecule has 230 valence electrons. The van der Waals surface area contributed by atoms with Gasteiger partial charge in [0.15, 0.2) is 0 Å². The molecular weight excluding hydrogens is 591 g/mol. The normalized spacial score (nSPS) is 13.8. The van der Waals surface area contributed by atoms with Crippen molar-refractivity contribution in [1.82, 2.24) is 0 Å². The van der Waals surface area contributed by atoms with E-state index in [1.807, 2.05) is 23.9 Å². The van der Waals surface area contributed by atoms with Crippen molar-refractivity contribution in [2.75, 3.05) is 4.90 Å². The second kappa shape index (κ2) is 11.4. The highest BCUT2D eigenvalue weighted by molar-refractivity contribution is 7.99. The minimum absolute atomic E-state index is 0.0561. The molecule has 8 rings (SSSR count). The lowest BCUT2D eigenvalue weighted by molar-refractivity contribution is 0.638. The molecule has 0 saturated heterocycles. The Labute approximate surface area is 281 Å². The van der Waals surface area contributed by atoms with Crippen LogP contribution in [0.3, 0.4) is 0 Å². The maximum absolute atomic E-state index is 6.41. The molecule has 0 spiro atoms. The first-order chi connectivity index (χ1) is 22.8. The highest BCUT2D eigenvalue weighted by Gasteiger charge is 2.38. The topological polar surface area (TPSA) is 16.4 Å². The van der Waals surface area contributed by atoms with Crippen LogP contribution in [-0.4, -0.2) is 0 Å². The van der Waals surface area contributed by atoms with E-state index in [1.165, 1.54) is 49.0 Å². The number of anilines is 2. The Bertz CT molecular complexity index is 2340. The number of benzene rings is 6. The number of hydrogen-bond donors (Lipinski definition) is 0. The molecule has 0 bridgehead atoms. The van der Waals surface area contributed by atoms with Crippen molar-refractivity contribution >= 4 is 50.8 Å². The molecule has 7 aromatic rings. The zero-order valence-corrected chi connectivity index (χ0v) is 28.3. The summed E-state index contributed by atoms with van der Waals surface area (Å²) in [5, 5.41) is 2.30. The third-order valence-corrected chi connectivity index (χ3v) is 11.3. The van der Waals surface area contributed by atoms with Crippen molar-refractivity contribution in [3.05, 3.63) is 161 Å². The van der Waals surface area contributed by atoms with Crippen molar-refractivity contribution < 1.29 is 4.42 Å². The van der Waals surface area contributed by atoms with Crippen LogP contribution in [0.2, 0.25) is 0 Å². The largest absolute Gasteiger partial charge is 0.455 e. The molecule has 0 unspecified atom stereocenters. The predicted octanol–water partition coefficient (Wildman–Crippen LogP) is 12.9. The van der Waals surface area contributed by atoms with Gasteiger partial charge in [0.25, 0.3) is 0 Å². The van der Waals surface area contributed by atoms with Crippen LogP contribution in [-0.2, 0) is 5.41 Å². The van der Waals surface area contributed by atoms with E-state index in [0.29, 0.717) is 0 Å². The maximum atomic E-state index is 6.41. The van der Waals surface area contributed by atoms with Gasteiger partial charge in [0, 0.05) is 42.8 Å². The smallest absolute Gasteiger partial charge is 0.143 e. The minimum atomic E-state index is -0.0561. The Morgan fingerprint density at radius 3 is 2.17 bits per heavy atom. The first kappa shape index (κ1) is 29.4. The molecule has 0 N–H and O–H groups in total. The molecule has 1 heterocycles. The lowest BCUT2D eigenvalue weighted by Gasteiger charge is -2.31. The van der Waals surface area contributed by atoms with Gasteiger partial charge in [0.1, 0.15) is 11.2 Å². The fourth-order valence-corrected chi connectivity index (χ4v) is 8.17. The first-order valence-electron chi connectivity index (χ1n) is 16.3. The molecule has 0 saturated carbocycles. The predicted molar refractivity (Wildman–Crippen MR) is 200 cm³/mol. The third kappa shape index (κ3) is 4.80. The average molecular weight is 628 g/mol. The summed E-state index contributed by atoms with van der Waals surface area (Å²) < 4.78 is 6.41. The van der Waals surface area contributed by atoms with Gasteiger partial charge in [0.2, 0.25) is 0 Å². The molecule has 0 radical (unpaired) electrons. The van der Waals surface area contributed by atoms with Gasteiger partial charge < -0.3 is 9.32 Å². The Morgan fingerprint density at radius 1 is 0.617 bits per heavy atom. The van der Waals surface area contributed by atoms with Gasteiger partial charge in [-0.1, -0.05) is 123 Å². The highest BCUT2D eigenvalue weighted by atomic mass is 32.2. The van der Waals surface area contributed by atoms with Gasteiger partial charge in [-0.25, -0.2) is 0 Å². The molecule has 1 aliphatic carbocycles.